The quantitative estimate of drug-likeness (QED) is 0.454. The first-order valence-electron chi connectivity index (χ1n) is 6.97. The summed E-state index contributed by atoms with van der Waals surface area (Å²) < 4.78 is 16.8. The van der Waals surface area contributed by atoms with Gasteiger partial charge in [0.2, 0.25) is 5.89 Å². The molecule has 1 aromatic carbocycles. The van der Waals surface area contributed by atoms with Gasteiger partial charge in [-0.3, -0.25) is 0 Å². The first-order valence-corrected chi connectivity index (χ1v) is 8.75. The molecule has 124 valence electrons. The molecule has 0 fully saturated rings. The number of aromatic nitrogens is 2. The Morgan fingerprint density at radius 3 is 2.83 bits per heavy atom. The van der Waals surface area contributed by atoms with Gasteiger partial charge in [-0.15, -0.1) is 10.2 Å². The van der Waals surface area contributed by atoms with Gasteiger partial charge in [0.05, 0.1) is 18.4 Å². The number of carbonyl (C=O) groups is 1. The standard InChI is InChI=1S/C16H13BrN2O4S/c1-9-12(15(20)21-2)7-10(22-9)8-24-16-19-18-14(23-16)11-5-3-4-6-13(11)17/h3-7H,8H2,1-2H3. The van der Waals surface area contributed by atoms with Crippen LogP contribution in [0.3, 0.4) is 0 Å². The first kappa shape index (κ1) is 16.8. The molecule has 0 saturated heterocycles. The summed E-state index contributed by atoms with van der Waals surface area (Å²) in [6, 6.07) is 9.28. The van der Waals surface area contributed by atoms with Crippen molar-refractivity contribution < 1.29 is 18.4 Å². The number of benzene rings is 1. The van der Waals surface area contributed by atoms with Gasteiger partial charge in [0.15, 0.2) is 0 Å². The van der Waals surface area contributed by atoms with E-state index in [1.54, 1.807) is 13.0 Å². The van der Waals surface area contributed by atoms with Crippen LogP contribution in [-0.2, 0) is 10.5 Å². The number of methoxy groups -OCH3 is 1. The number of ether oxygens (including phenoxy) is 1. The van der Waals surface area contributed by atoms with Gasteiger partial charge in [0.1, 0.15) is 17.1 Å². The second-order valence-corrected chi connectivity index (χ2v) is 6.60. The minimum atomic E-state index is -0.415. The molecule has 2 heterocycles. The highest BCUT2D eigenvalue weighted by Crippen LogP contribution is 2.30. The second kappa shape index (κ2) is 7.23. The Hall–Kier alpha value is -2.06. The van der Waals surface area contributed by atoms with Crippen LogP contribution in [0.2, 0.25) is 0 Å². The normalized spacial score (nSPS) is 10.8. The van der Waals surface area contributed by atoms with E-state index >= 15 is 0 Å². The van der Waals surface area contributed by atoms with Crippen LogP contribution in [-0.4, -0.2) is 23.3 Å². The maximum absolute atomic E-state index is 11.6. The van der Waals surface area contributed by atoms with E-state index in [9.17, 15) is 4.79 Å². The Kier molecular flexibility index (Phi) is 5.06. The van der Waals surface area contributed by atoms with Gasteiger partial charge in [0, 0.05) is 4.47 Å². The summed E-state index contributed by atoms with van der Waals surface area (Å²) in [5.41, 5.74) is 1.26. The van der Waals surface area contributed by atoms with Gasteiger partial charge >= 0.3 is 5.97 Å². The van der Waals surface area contributed by atoms with Crippen molar-refractivity contribution in [2.24, 2.45) is 0 Å². The van der Waals surface area contributed by atoms with Crippen LogP contribution in [0.25, 0.3) is 11.5 Å². The molecule has 0 N–H and O–H groups in total. The fourth-order valence-electron chi connectivity index (χ4n) is 2.07. The zero-order valence-electron chi connectivity index (χ0n) is 12.9. The summed E-state index contributed by atoms with van der Waals surface area (Å²) in [5.74, 6) is 1.66. The van der Waals surface area contributed by atoms with Crippen molar-refractivity contribution in [1.82, 2.24) is 10.2 Å². The Labute approximate surface area is 150 Å². The van der Waals surface area contributed by atoms with Crippen LogP contribution in [0, 0.1) is 6.92 Å². The first-order chi connectivity index (χ1) is 11.6. The predicted octanol–water partition coefficient (Wildman–Crippen LogP) is 4.48. The fourth-order valence-corrected chi connectivity index (χ4v) is 3.17. The van der Waals surface area contributed by atoms with E-state index in [4.69, 9.17) is 13.6 Å². The summed E-state index contributed by atoms with van der Waals surface area (Å²) in [5, 5.41) is 8.50. The monoisotopic (exact) mass is 408 g/mol. The van der Waals surface area contributed by atoms with Crippen molar-refractivity contribution in [3.05, 3.63) is 51.9 Å². The molecule has 0 spiro atoms. The Morgan fingerprint density at radius 2 is 2.08 bits per heavy atom. The Bertz CT molecular complexity index is 875. The van der Waals surface area contributed by atoms with Gasteiger partial charge in [-0.1, -0.05) is 23.9 Å². The number of aryl methyl sites for hydroxylation is 1. The van der Waals surface area contributed by atoms with E-state index in [0.29, 0.717) is 34.0 Å². The Morgan fingerprint density at radius 1 is 1.29 bits per heavy atom. The second-order valence-electron chi connectivity index (χ2n) is 4.82. The van der Waals surface area contributed by atoms with Gasteiger partial charge < -0.3 is 13.6 Å². The Balaban J connectivity index is 1.70. The zero-order valence-corrected chi connectivity index (χ0v) is 15.3. The van der Waals surface area contributed by atoms with E-state index < -0.39 is 5.97 Å². The highest BCUT2D eigenvalue weighted by atomic mass is 79.9. The maximum Gasteiger partial charge on any atom is 0.341 e. The van der Waals surface area contributed by atoms with Crippen molar-refractivity contribution in [2.45, 2.75) is 17.9 Å². The summed E-state index contributed by atoms with van der Waals surface area (Å²) in [4.78, 5) is 11.6. The number of furan rings is 1. The average Bonchev–Trinajstić information content (AvgIpc) is 3.19. The average molecular weight is 409 g/mol. The van der Waals surface area contributed by atoms with E-state index in [1.807, 2.05) is 24.3 Å². The van der Waals surface area contributed by atoms with Crippen molar-refractivity contribution >= 4 is 33.7 Å². The van der Waals surface area contributed by atoms with Crippen LogP contribution in [0.5, 0.6) is 0 Å². The highest BCUT2D eigenvalue weighted by molar-refractivity contribution is 9.10. The molecule has 2 aromatic heterocycles. The lowest BCUT2D eigenvalue weighted by molar-refractivity contribution is 0.0599. The number of esters is 1. The molecule has 0 bridgehead atoms. The molecule has 3 rings (SSSR count). The summed E-state index contributed by atoms with van der Waals surface area (Å²) >= 11 is 4.79. The van der Waals surface area contributed by atoms with Gasteiger partial charge in [-0.2, -0.15) is 0 Å². The molecule has 0 unspecified atom stereocenters. The number of halogens is 1. The largest absolute Gasteiger partial charge is 0.465 e. The smallest absolute Gasteiger partial charge is 0.341 e. The molecule has 0 radical (unpaired) electrons. The lowest BCUT2D eigenvalue weighted by atomic mass is 10.2. The molecule has 0 atom stereocenters. The zero-order chi connectivity index (χ0) is 17.1. The van der Waals surface area contributed by atoms with Crippen LogP contribution in [0.4, 0.5) is 0 Å². The summed E-state index contributed by atoms with van der Waals surface area (Å²) in [6.45, 7) is 1.72. The van der Waals surface area contributed by atoms with Gasteiger partial charge in [0.25, 0.3) is 5.22 Å². The highest BCUT2D eigenvalue weighted by Gasteiger charge is 2.17. The molecule has 3 aromatic rings. The van der Waals surface area contributed by atoms with Crippen LogP contribution < -0.4 is 0 Å². The van der Waals surface area contributed by atoms with Crippen molar-refractivity contribution in [3.8, 4) is 11.5 Å². The SMILES string of the molecule is COC(=O)c1cc(CSc2nnc(-c3ccccc3Br)o2)oc1C. The molecular formula is C16H13BrN2O4S. The van der Waals surface area contributed by atoms with Crippen molar-refractivity contribution in [3.63, 3.8) is 0 Å². The van der Waals surface area contributed by atoms with Crippen LogP contribution in [0.1, 0.15) is 21.9 Å². The van der Waals surface area contributed by atoms with Gasteiger partial charge in [-0.05, 0) is 41.1 Å². The third kappa shape index (κ3) is 3.54. The summed E-state index contributed by atoms with van der Waals surface area (Å²) in [7, 11) is 1.34. The molecule has 6 nitrogen and oxygen atoms in total. The molecular weight excluding hydrogens is 396 g/mol. The minimum absolute atomic E-state index is 0.415. The number of hydrogen-bond donors (Lipinski definition) is 0. The molecule has 0 saturated carbocycles. The van der Waals surface area contributed by atoms with Crippen molar-refractivity contribution in [1.29, 1.82) is 0 Å². The maximum atomic E-state index is 11.6. The van der Waals surface area contributed by atoms with E-state index in [2.05, 4.69) is 26.1 Å². The van der Waals surface area contributed by atoms with Crippen LogP contribution >= 0.6 is 27.7 Å². The van der Waals surface area contributed by atoms with E-state index in [0.717, 1.165) is 10.0 Å². The van der Waals surface area contributed by atoms with E-state index in [1.165, 1.54) is 18.9 Å². The minimum Gasteiger partial charge on any atom is -0.465 e. The molecule has 0 aliphatic carbocycles. The lowest BCUT2D eigenvalue weighted by Crippen LogP contribution is -2.00. The van der Waals surface area contributed by atoms with Crippen LogP contribution in [0.15, 0.2) is 48.9 Å². The molecule has 8 heteroatoms. The molecule has 0 aliphatic rings. The summed E-state index contributed by atoms with van der Waals surface area (Å²) in [6.07, 6.45) is 0. The third-order valence-electron chi connectivity index (χ3n) is 3.22. The van der Waals surface area contributed by atoms with Gasteiger partial charge in [-0.25, -0.2) is 4.79 Å². The molecule has 0 amide bonds. The van der Waals surface area contributed by atoms with Crippen molar-refractivity contribution in [2.75, 3.05) is 7.11 Å². The number of hydrogen-bond acceptors (Lipinski definition) is 7. The lowest BCUT2D eigenvalue weighted by Gasteiger charge is -1.97. The fraction of sp³-hybridized carbons (Fsp3) is 0.188. The third-order valence-corrected chi connectivity index (χ3v) is 4.76. The number of carbonyl (C=O) groups excluding carboxylic acids is 1. The van der Waals surface area contributed by atoms with E-state index in [-0.39, 0.29) is 0 Å². The number of rotatable bonds is 5. The predicted molar refractivity (Wildman–Crippen MR) is 91.8 cm³/mol. The molecule has 24 heavy (non-hydrogen) atoms. The number of nitrogens with zero attached hydrogens (tertiary/aromatic N) is 2. The topological polar surface area (TPSA) is 78.4 Å². The molecule has 0 aliphatic heterocycles. The number of thioether (sulfide) groups is 1.